The first-order valence-electron chi connectivity index (χ1n) is 10.2. The Bertz CT molecular complexity index is 1430. The number of carbonyl (C=O) groups is 1. The molecular weight excluding hydrogens is 428 g/mol. The first-order valence-corrected chi connectivity index (χ1v) is 10.6. The van der Waals surface area contributed by atoms with Crippen LogP contribution in [0.25, 0.3) is 11.0 Å². The number of hydrogen-bond donors (Lipinski definition) is 0. The van der Waals surface area contributed by atoms with Gasteiger partial charge in [0.1, 0.15) is 17.2 Å². The molecule has 0 saturated heterocycles. The van der Waals surface area contributed by atoms with E-state index in [1.807, 2.05) is 50.2 Å². The summed E-state index contributed by atoms with van der Waals surface area (Å²) in [5.41, 5.74) is 1.76. The smallest absolute Gasteiger partial charge is 0.296 e. The van der Waals surface area contributed by atoms with Crippen LogP contribution in [-0.2, 0) is 0 Å². The minimum Gasteiger partial charge on any atom is -0.494 e. The summed E-state index contributed by atoms with van der Waals surface area (Å²) in [6.45, 7) is 4.24. The van der Waals surface area contributed by atoms with Gasteiger partial charge in [0.25, 0.3) is 5.91 Å². The molecule has 0 aliphatic carbocycles. The second-order valence-electron chi connectivity index (χ2n) is 7.53. The van der Waals surface area contributed by atoms with Crippen molar-refractivity contribution in [2.45, 2.75) is 19.9 Å². The van der Waals surface area contributed by atoms with Crippen molar-refractivity contribution in [3.63, 3.8) is 0 Å². The van der Waals surface area contributed by atoms with Crippen LogP contribution in [0.2, 0.25) is 5.02 Å². The highest BCUT2D eigenvalue weighted by atomic mass is 35.5. The number of hydrogen-bond acceptors (Lipinski definition) is 5. The molecule has 6 nitrogen and oxygen atoms in total. The fourth-order valence-electron chi connectivity index (χ4n) is 4.10. The fraction of sp³-hybridized carbons (Fsp3) is 0.160. The van der Waals surface area contributed by atoms with Gasteiger partial charge in [0.2, 0.25) is 5.76 Å². The zero-order valence-corrected chi connectivity index (χ0v) is 18.2. The van der Waals surface area contributed by atoms with E-state index in [1.54, 1.807) is 24.3 Å². The number of rotatable bonds is 4. The maximum Gasteiger partial charge on any atom is 0.296 e. The summed E-state index contributed by atoms with van der Waals surface area (Å²) in [6, 6.07) is 16.9. The third-order valence-electron chi connectivity index (χ3n) is 5.44. The zero-order valence-electron chi connectivity index (χ0n) is 17.5. The van der Waals surface area contributed by atoms with Gasteiger partial charge in [0.05, 0.1) is 23.6 Å². The van der Waals surface area contributed by atoms with E-state index in [4.69, 9.17) is 20.8 Å². The Morgan fingerprint density at radius 2 is 1.91 bits per heavy atom. The molecule has 1 aliphatic heterocycles. The Hall–Kier alpha value is -3.64. The number of ether oxygens (including phenoxy) is 1. The van der Waals surface area contributed by atoms with E-state index in [1.165, 1.54) is 4.90 Å². The van der Waals surface area contributed by atoms with Gasteiger partial charge in [0.15, 0.2) is 5.43 Å². The molecule has 0 fully saturated rings. The molecule has 5 rings (SSSR count). The number of carbonyl (C=O) groups excluding carboxylic acids is 1. The molecule has 0 saturated carbocycles. The molecular formula is C25H19ClN2O4. The number of anilines is 1. The predicted molar refractivity (Wildman–Crippen MR) is 123 cm³/mol. The molecule has 1 amide bonds. The van der Waals surface area contributed by atoms with Crippen LogP contribution in [0.4, 0.5) is 5.82 Å². The molecule has 1 atom stereocenters. The maximum absolute atomic E-state index is 13.6. The third kappa shape index (κ3) is 3.24. The predicted octanol–water partition coefficient (Wildman–Crippen LogP) is 5.30. The standard InChI is InChI=1S/C25H19ClN2O4/c1-3-31-17-8-5-7-15(12-17)22-21-23(29)18-13-16(26)10-11-19(18)32-24(21)25(30)28(22)20-9-4-6-14(2)27-20/h4-13,22H,3H2,1-2H3. The van der Waals surface area contributed by atoms with E-state index in [0.717, 1.165) is 11.3 Å². The molecule has 7 heteroatoms. The van der Waals surface area contributed by atoms with Gasteiger partial charge in [-0.25, -0.2) is 4.98 Å². The molecule has 1 unspecified atom stereocenters. The summed E-state index contributed by atoms with van der Waals surface area (Å²) in [5.74, 6) is 0.685. The van der Waals surface area contributed by atoms with Crippen LogP contribution in [-0.4, -0.2) is 17.5 Å². The molecule has 4 aromatic rings. The van der Waals surface area contributed by atoms with Gasteiger partial charge in [-0.05, 0) is 61.9 Å². The second-order valence-corrected chi connectivity index (χ2v) is 7.97. The number of fused-ring (bicyclic) bond motifs is 2. The van der Waals surface area contributed by atoms with Gasteiger partial charge in [-0.15, -0.1) is 0 Å². The van der Waals surface area contributed by atoms with E-state index in [0.29, 0.717) is 34.2 Å². The number of aromatic nitrogens is 1. The second kappa shape index (κ2) is 7.80. The Morgan fingerprint density at radius 3 is 2.69 bits per heavy atom. The number of benzene rings is 2. The van der Waals surface area contributed by atoms with Gasteiger partial charge < -0.3 is 9.15 Å². The Morgan fingerprint density at radius 1 is 1.09 bits per heavy atom. The van der Waals surface area contributed by atoms with Gasteiger partial charge in [-0.3, -0.25) is 14.5 Å². The van der Waals surface area contributed by atoms with Crippen molar-refractivity contribution < 1.29 is 13.9 Å². The molecule has 2 aromatic heterocycles. The van der Waals surface area contributed by atoms with Crippen molar-refractivity contribution in [3.8, 4) is 5.75 Å². The van der Waals surface area contributed by atoms with E-state index < -0.39 is 11.9 Å². The van der Waals surface area contributed by atoms with Crippen LogP contribution in [0.15, 0.2) is 69.9 Å². The fourth-order valence-corrected chi connectivity index (χ4v) is 4.27. The monoisotopic (exact) mass is 446 g/mol. The Labute approximate surface area is 189 Å². The summed E-state index contributed by atoms with van der Waals surface area (Å²) in [7, 11) is 0. The van der Waals surface area contributed by atoms with Crippen molar-refractivity contribution in [2.75, 3.05) is 11.5 Å². The summed E-state index contributed by atoms with van der Waals surface area (Å²) in [4.78, 5) is 33.2. The van der Waals surface area contributed by atoms with Crippen molar-refractivity contribution in [3.05, 3.63) is 98.5 Å². The Balaban J connectivity index is 1.80. The SMILES string of the molecule is CCOc1cccc(C2c3c(oc4ccc(Cl)cc4c3=O)C(=O)N2c2cccc(C)n2)c1. The lowest BCUT2D eigenvalue weighted by atomic mass is 9.98. The average Bonchev–Trinajstić information content (AvgIpc) is 3.07. The van der Waals surface area contributed by atoms with Crippen LogP contribution in [0.1, 0.15) is 40.3 Å². The summed E-state index contributed by atoms with van der Waals surface area (Å²) in [6.07, 6.45) is 0. The van der Waals surface area contributed by atoms with Crippen molar-refractivity contribution in [2.24, 2.45) is 0 Å². The normalized spacial score (nSPS) is 15.3. The van der Waals surface area contributed by atoms with Crippen LogP contribution >= 0.6 is 11.6 Å². The highest BCUT2D eigenvalue weighted by molar-refractivity contribution is 6.31. The maximum atomic E-state index is 13.6. The molecule has 0 spiro atoms. The van der Waals surface area contributed by atoms with Crippen LogP contribution in [0, 0.1) is 6.92 Å². The number of amides is 1. The number of halogens is 1. The molecule has 1 aliphatic rings. The summed E-state index contributed by atoms with van der Waals surface area (Å²) in [5, 5.41) is 0.746. The number of nitrogens with zero attached hydrogens (tertiary/aromatic N) is 2. The minimum absolute atomic E-state index is 0.0138. The van der Waals surface area contributed by atoms with Crippen LogP contribution in [0.3, 0.4) is 0 Å². The molecule has 160 valence electrons. The van der Waals surface area contributed by atoms with Crippen molar-refractivity contribution in [1.29, 1.82) is 0 Å². The average molecular weight is 447 g/mol. The number of pyridine rings is 1. The lowest BCUT2D eigenvalue weighted by molar-refractivity contribution is 0.0970. The summed E-state index contributed by atoms with van der Waals surface area (Å²) >= 11 is 6.14. The van der Waals surface area contributed by atoms with E-state index in [-0.39, 0.29) is 16.8 Å². The molecule has 0 N–H and O–H groups in total. The van der Waals surface area contributed by atoms with E-state index >= 15 is 0 Å². The van der Waals surface area contributed by atoms with Crippen LogP contribution < -0.4 is 15.1 Å². The minimum atomic E-state index is -0.716. The highest BCUT2D eigenvalue weighted by Crippen LogP contribution is 2.41. The molecule has 3 heterocycles. The third-order valence-corrected chi connectivity index (χ3v) is 5.67. The van der Waals surface area contributed by atoms with Crippen molar-refractivity contribution >= 4 is 34.3 Å². The number of aryl methyl sites for hydroxylation is 1. The first kappa shape index (κ1) is 20.3. The lowest BCUT2D eigenvalue weighted by Crippen LogP contribution is -2.30. The molecule has 0 radical (unpaired) electrons. The highest BCUT2D eigenvalue weighted by Gasteiger charge is 2.44. The van der Waals surface area contributed by atoms with E-state index in [9.17, 15) is 9.59 Å². The lowest BCUT2D eigenvalue weighted by Gasteiger charge is -2.24. The van der Waals surface area contributed by atoms with Crippen LogP contribution in [0.5, 0.6) is 5.75 Å². The molecule has 2 aromatic carbocycles. The van der Waals surface area contributed by atoms with Gasteiger partial charge >= 0.3 is 0 Å². The van der Waals surface area contributed by atoms with E-state index in [2.05, 4.69) is 4.98 Å². The Kier molecular flexibility index (Phi) is 4.94. The topological polar surface area (TPSA) is 72.6 Å². The molecule has 0 bridgehead atoms. The quantitative estimate of drug-likeness (QED) is 0.425. The van der Waals surface area contributed by atoms with Gasteiger partial charge in [0, 0.05) is 10.7 Å². The van der Waals surface area contributed by atoms with Gasteiger partial charge in [-0.1, -0.05) is 29.8 Å². The largest absolute Gasteiger partial charge is 0.494 e. The zero-order chi connectivity index (χ0) is 22.4. The molecule has 32 heavy (non-hydrogen) atoms. The summed E-state index contributed by atoms with van der Waals surface area (Å²) < 4.78 is 11.6. The van der Waals surface area contributed by atoms with Crippen molar-refractivity contribution in [1.82, 2.24) is 4.98 Å². The first-order chi connectivity index (χ1) is 15.5. The van der Waals surface area contributed by atoms with Gasteiger partial charge in [-0.2, -0.15) is 0 Å².